The second kappa shape index (κ2) is 10.2. The fraction of sp³-hybridized carbons (Fsp3) is 0.0526. The quantitative estimate of drug-likeness (QED) is 0.123. The number of pyridine rings is 1. The molecule has 0 saturated carbocycles. The van der Waals surface area contributed by atoms with E-state index in [1.54, 1.807) is 6.08 Å². The lowest BCUT2D eigenvalue weighted by molar-refractivity contribution is 0.568. The summed E-state index contributed by atoms with van der Waals surface area (Å²) in [5, 5.41) is 3.73. The number of benzene rings is 4. The number of rotatable bonds is 5. The predicted molar refractivity (Wildman–Crippen MR) is 175 cm³/mol. The molecule has 0 unspecified atom stereocenters. The summed E-state index contributed by atoms with van der Waals surface area (Å²) >= 11 is 0. The molecule has 0 aliphatic rings. The number of fused-ring (bicyclic) bond motifs is 6. The molecule has 7 rings (SSSR count). The minimum absolute atomic E-state index is 0.297. The molecule has 202 valence electrons. The van der Waals surface area contributed by atoms with Crippen molar-refractivity contribution in [3.63, 3.8) is 0 Å². The van der Waals surface area contributed by atoms with E-state index in [1.807, 2.05) is 74.5 Å². The zero-order valence-electron chi connectivity index (χ0n) is 23.5. The monoisotopic (exact) mass is 544 g/mol. The Bertz CT molecular complexity index is 2280. The Labute approximate surface area is 243 Å². The van der Waals surface area contributed by atoms with E-state index < -0.39 is 5.63 Å². The van der Waals surface area contributed by atoms with Crippen LogP contribution in [-0.4, -0.2) is 9.55 Å². The maximum atomic E-state index is 13.6. The summed E-state index contributed by atoms with van der Waals surface area (Å²) < 4.78 is 8.29. The molecule has 0 atom stereocenters. The minimum atomic E-state index is -0.465. The molecule has 0 amide bonds. The second-order valence-electron chi connectivity index (χ2n) is 10.7. The van der Waals surface area contributed by atoms with Gasteiger partial charge in [0, 0.05) is 27.2 Å². The fourth-order valence-corrected chi connectivity index (χ4v) is 5.75. The number of nitrogens with zero attached hydrogens (tertiary/aromatic N) is 2. The van der Waals surface area contributed by atoms with Gasteiger partial charge in [0.25, 0.3) is 0 Å². The van der Waals surface area contributed by atoms with Crippen molar-refractivity contribution in [3.05, 3.63) is 150 Å². The first-order valence-electron chi connectivity index (χ1n) is 14.0. The number of aromatic nitrogens is 2. The van der Waals surface area contributed by atoms with Gasteiger partial charge in [-0.25, -0.2) is 9.78 Å². The zero-order valence-corrected chi connectivity index (χ0v) is 23.5. The number of para-hydroxylation sites is 2. The van der Waals surface area contributed by atoms with Crippen LogP contribution in [0.25, 0.3) is 66.1 Å². The van der Waals surface area contributed by atoms with Gasteiger partial charge in [0.05, 0.1) is 16.7 Å². The van der Waals surface area contributed by atoms with Crippen molar-refractivity contribution in [3.8, 4) is 16.8 Å². The number of allylic oxidation sites excluding steroid dienone is 5. The van der Waals surface area contributed by atoms with Gasteiger partial charge in [0.2, 0.25) is 0 Å². The predicted octanol–water partition coefficient (Wildman–Crippen LogP) is 9.64. The van der Waals surface area contributed by atoms with E-state index in [9.17, 15) is 4.79 Å². The molecule has 42 heavy (non-hydrogen) atoms. The SMILES string of the molecule is C=C/C(=C\C=C(C)C)c1cc(-c2ccccc2)c2c(n1)c(=O)oc1cc3c4ccccc4n(-c4ccccc4)c3cc12. The van der Waals surface area contributed by atoms with E-state index in [4.69, 9.17) is 9.40 Å². The maximum Gasteiger partial charge on any atom is 0.363 e. The summed E-state index contributed by atoms with van der Waals surface area (Å²) in [4.78, 5) is 18.5. The van der Waals surface area contributed by atoms with E-state index in [0.29, 0.717) is 16.8 Å². The van der Waals surface area contributed by atoms with Crippen molar-refractivity contribution >= 4 is 49.3 Å². The molecule has 0 radical (unpaired) electrons. The smallest absolute Gasteiger partial charge is 0.363 e. The molecule has 0 N–H and O–H groups in total. The first-order chi connectivity index (χ1) is 20.5. The van der Waals surface area contributed by atoms with Crippen molar-refractivity contribution in [1.82, 2.24) is 9.55 Å². The van der Waals surface area contributed by atoms with Crippen LogP contribution in [0, 0.1) is 0 Å². The van der Waals surface area contributed by atoms with Crippen molar-refractivity contribution < 1.29 is 4.42 Å². The summed E-state index contributed by atoms with van der Waals surface area (Å²) in [5.41, 5.74) is 8.11. The Morgan fingerprint density at radius 1 is 0.786 bits per heavy atom. The van der Waals surface area contributed by atoms with Gasteiger partial charge in [-0.3, -0.25) is 0 Å². The van der Waals surface area contributed by atoms with Gasteiger partial charge in [-0.15, -0.1) is 0 Å². The van der Waals surface area contributed by atoms with Crippen molar-refractivity contribution in [1.29, 1.82) is 0 Å². The van der Waals surface area contributed by atoms with Crippen LogP contribution in [-0.2, 0) is 0 Å². The molecule has 0 spiro atoms. The largest absolute Gasteiger partial charge is 0.421 e. The molecule has 7 aromatic rings. The van der Waals surface area contributed by atoms with Crippen LogP contribution in [0.4, 0.5) is 0 Å². The average Bonchev–Trinajstić information content (AvgIpc) is 3.34. The first-order valence-corrected chi connectivity index (χ1v) is 14.0. The van der Waals surface area contributed by atoms with E-state index in [0.717, 1.165) is 60.5 Å². The van der Waals surface area contributed by atoms with Crippen molar-refractivity contribution in [2.45, 2.75) is 13.8 Å². The molecule has 0 saturated heterocycles. The molecule has 3 aromatic heterocycles. The molecule has 4 heteroatoms. The highest BCUT2D eigenvalue weighted by Gasteiger charge is 2.20. The Morgan fingerprint density at radius 2 is 1.50 bits per heavy atom. The van der Waals surface area contributed by atoms with Crippen LogP contribution in [0.2, 0.25) is 0 Å². The van der Waals surface area contributed by atoms with Gasteiger partial charge < -0.3 is 8.98 Å². The van der Waals surface area contributed by atoms with Crippen molar-refractivity contribution in [2.75, 3.05) is 0 Å². The molecule has 4 nitrogen and oxygen atoms in total. The minimum Gasteiger partial charge on any atom is -0.421 e. The third kappa shape index (κ3) is 4.16. The molecule has 3 heterocycles. The summed E-state index contributed by atoms with van der Waals surface area (Å²) in [5.74, 6) is 0. The maximum absolute atomic E-state index is 13.6. The fourth-order valence-electron chi connectivity index (χ4n) is 5.75. The van der Waals surface area contributed by atoms with Gasteiger partial charge in [0.15, 0.2) is 5.52 Å². The first kappa shape index (κ1) is 25.5. The Hall–Kier alpha value is -5.48. The molecule has 0 fully saturated rings. The molecule has 0 bridgehead atoms. The number of hydrogen-bond donors (Lipinski definition) is 0. The van der Waals surface area contributed by atoms with E-state index >= 15 is 0 Å². The third-order valence-corrected chi connectivity index (χ3v) is 7.67. The van der Waals surface area contributed by atoms with Gasteiger partial charge in [-0.1, -0.05) is 97.1 Å². The normalized spacial score (nSPS) is 11.9. The average molecular weight is 545 g/mol. The molecule has 0 aliphatic heterocycles. The highest BCUT2D eigenvalue weighted by Crippen LogP contribution is 2.39. The Balaban J connectivity index is 1.65. The zero-order chi connectivity index (χ0) is 28.8. The van der Waals surface area contributed by atoms with Gasteiger partial charge in [-0.2, -0.15) is 0 Å². The van der Waals surface area contributed by atoms with E-state index in [-0.39, 0.29) is 0 Å². The lowest BCUT2D eigenvalue weighted by Crippen LogP contribution is -2.05. The molecule has 4 aromatic carbocycles. The highest BCUT2D eigenvalue weighted by molar-refractivity contribution is 6.19. The summed E-state index contributed by atoms with van der Waals surface area (Å²) in [6.45, 7) is 8.10. The second-order valence-corrected chi connectivity index (χ2v) is 10.7. The third-order valence-electron chi connectivity index (χ3n) is 7.67. The highest BCUT2D eigenvalue weighted by atomic mass is 16.4. The summed E-state index contributed by atoms with van der Waals surface area (Å²) in [6, 6.07) is 35.0. The van der Waals surface area contributed by atoms with Crippen LogP contribution in [0.1, 0.15) is 19.5 Å². The van der Waals surface area contributed by atoms with Crippen LogP contribution >= 0.6 is 0 Å². The number of hydrogen-bond acceptors (Lipinski definition) is 3. The topological polar surface area (TPSA) is 48.0 Å². The van der Waals surface area contributed by atoms with Crippen LogP contribution < -0.4 is 5.63 Å². The molecule has 0 aliphatic carbocycles. The van der Waals surface area contributed by atoms with Crippen LogP contribution in [0.15, 0.2) is 143 Å². The molecular weight excluding hydrogens is 516 g/mol. The Morgan fingerprint density at radius 3 is 2.24 bits per heavy atom. The van der Waals surface area contributed by atoms with Crippen molar-refractivity contribution in [2.24, 2.45) is 0 Å². The summed E-state index contributed by atoms with van der Waals surface area (Å²) in [7, 11) is 0. The van der Waals surface area contributed by atoms with Crippen LogP contribution in [0.5, 0.6) is 0 Å². The van der Waals surface area contributed by atoms with Gasteiger partial charge >= 0.3 is 5.63 Å². The standard InChI is InChI=1S/C38H28N2O2/c1-4-25(20-19-24(2)3)32-21-29(26-13-7-5-8-14-26)36-31-22-34-30(23-35(31)42-38(41)37(36)39-32)28-17-11-12-18-33(28)40(34)27-15-9-6-10-16-27/h4-23H,1H2,2-3H3/b25-20+. The summed E-state index contributed by atoms with van der Waals surface area (Å²) in [6.07, 6.45) is 5.77. The van der Waals surface area contributed by atoms with E-state index in [2.05, 4.69) is 65.7 Å². The Kier molecular flexibility index (Phi) is 6.17. The lowest BCUT2D eigenvalue weighted by Gasteiger charge is -2.13. The van der Waals surface area contributed by atoms with E-state index in [1.165, 1.54) is 0 Å². The van der Waals surface area contributed by atoms with Gasteiger partial charge in [-0.05, 0) is 66.9 Å². The van der Waals surface area contributed by atoms with Gasteiger partial charge in [0.1, 0.15) is 5.58 Å². The van der Waals surface area contributed by atoms with Crippen LogP contribution in [0.3, 0.4) is 0 Å². The molecular formula is C38H28N2O2. The lowest BCUT2D eigenvalue weighted by atomic mass is 9.96.